The molecule has 0 saturated carbocycles. The van der Waals surface area contributed by atoms with Crippen molar-refractivity contribution in [3.05, 3.63) is 39.5 Å². The van der Waals surface area contributed by atoms with Crippen molar-refractivity contribution in [2.75, 3.05) is 5.32 Å². The van der Waals surface area contributed by atoms with Gasteiger partial charge in [0.05, 0.1) is 6.54 Å². The van der Waals surface area contributed by atoms with Crippen LogP contribution in [-0.4, -0.2) is 9.97 Å². The van der Waals surface area contributed by atoms with E-state index in [1.54, 1.807) is 11.3 Å². The molecule has 2 rings (SSSR count). The van der Waals surface area contributed by atoms with Gasteiger partial charge in [-0.2, -0.15) is 0 Å². The second-order valence-electron chi connectivity index (χ2n) is 4.79. The lowest BCUT2D eigenvalue weighted by molar-refractivity contribution is 0.767. The second-order valence-corrected chi connectivity index (χ2v) is 5.79. The highest BCUT2D eigenvalue weighted by Gasteiger charge is 2.06. The molecule has 0 aromatic carbocycles. The minimum absolute atomic E-state index is 0.355. The van der Waals surface area contributed by atoms with E-state index in [2.05, 4.69) is 47.5 Å². The van der Waals surface area contributed by atoms with Gasteiger partial charge in [-0.25, -0.2) is 9.97 Å². The lowest BCUT2D eigenvalue weighted by Crippen LogP contribution is -2.06. The van der Waals surface area contributed by atoms with Crippen molar-refractivity contribution in [1.82, 2.24) is 9.97 Å². The maximum atomic E-state index is 4.54. The molecule has 4 heteroatoms. The molecule has 0 bridgehead atoms. The van der Waals surface area contributed by atoms with Crippen molar-refractivity contribution in [3.8, 4) is 0 Å². The molecular weight excluding hydrogens is 242 g/mol. The molecule has 0 aliphatic rings. The first-order valence-electron chi connectivity index (χ1n) is 6.18. The minimum Gasteiger partial charge on any atom is -0.365 e. The minimum atomic E-state index is 0.355. The maximum absolute atomic E-state index is 4.54. The smallest absolute Gasteiger partial charge is 0.133 e. The zero-order valence-corrected chi connectivity index (χ0v) is 12.1. The quantitative estimate of drug-likeness (QED) is 0.907. The highest BCUT2D eigenvalue weighted by Crippen LogP contribution is 2.18. The van der Waals surface area contributed by atoms with Crippen LogP contribution in [0.5, 0.6) is 0 Å². The Hall–Kier alpha value is -1.42. The van der Waals surface area contributed by atoms with Crippen LogP contribution in [0.3, 0.4) is 0 Å². The summed E-state index contributed by atoms with van der Waals surface area (Å²) in [7, 11) is 0. The molecule has 1 N–H and O–H groups in total. The van der Waals surface area contributed by atoms with E-state index in [-0.39, 0.29) is 0 Å². The highest BCUT2D eigenvalue weighted by molar-refractivity contribution is 7.10. The van der Waals surface area contributed by atoms with Crippen LogP contribution in [0.15, 0.2) is 17.5 Å². The van der Waals surface area contributed by atoms with Crippen LogP contribution in [0.1, 0.15) is 41.7 Å². The number of nitrogens with zero attached hydrogens (tertiary/aromatic N) is 2. The Bertz CT molecular complexity index is 532. The largest absolute Gasteiger partial charge is 0.365 e. The van der Waals surface area contributed by atoms with E-state index in [4.69, 9.17) is 0 Å². The summed E-state index contributed by atoms with van der Waals surface area (Å²) in [5, 5.41) is 5.51. The molecule has 0 radical (unpaired) electrons. The van der Waals surface area contributed by atoms with Crippen LogP contribution in [0.25, 0.3) is 0 Å². The normalized spacial score (nSPS) is 10.9. The summed E-state index contributed by atoms with van der Waals surface area (Å²) in [4.78, 5) is 10.4. The predicted octanol–water partition coefficient (Wildman–Crippen LogP) is 3.89. The number of thiophene rings is 1. The van der Waals surface area contributed by atoms with Crippen molar-refractivity contribution in [1.29, 1.82) is 0 Å². The monoisotopic (exact) mass is 261 g/mol. The number of aromatic nitrogens is 2. The van der Waals surface area contributed by atoms with E-state index >= 15 is 0 Å². The lowest BCUT2D eigenvalue weighted by atomic mass is 10.2. The molecule has 2 aromatic heterocycles. The zero-order chi connectivity index (χ0) is 13.1. The van der Waals surface area contributed by atoms with Gasteiger partial charge < -0.3 is 5.32 Å². The number of hydrogen-bond acceptors (Lipinski definition) is 4. The highest BCUT2D eigenvalue weighted by atomic mass is 32.1. The standard InChI is InChI=1S/C14H19N3S/c1-9(2)14-16-11(4)7-13(17-14)15-8-12-10(3)5-6-18-12/h5-7,9H,8H2,1-4H3,(H,15,16,17). The Balaban J connectivity index is 2.12. The van der Waals surface area contributed by atoms with Gasteiger partial charge in [0.2, 0.25) is 0 Å². The van der Waals surface area contributed by atoms with E-state index < -0.39 is 0 Å². The van der Waals surface area contributed by atoms with Gasteiger partial charge in [0, 0.05) is 22.6 Å². The molecule has 0 aliphatic heterocycles. The first kappa shape index (κ1) is 13.0. The molecular formula is C14H19N3S. The summed E-state index contributed by atoms with van der Waals surface area (Å²) in [6.07, 6.45) is 0. The van der Waals surface area contributed by atoms with Crippen molar-refractivity contribution in [2.24, 2.45) is 0 Å². The third-order valence-electron chi connectivity index (χ3n) is 2.79. The molecule has 0 saturated heterocycles. The third-order valence-corrected chi connectivity index (χ3v) is 3.81. The molecule has 0 spiro atoms. The van der Waals surface area contributed by atoms with Crippen LogP contribution in [-0.2, 0) is 6.54 Å². The molecule has 2 aromatic rings. The fourth-order valence-electron chi connectivity index (χ4n) is 1.70. The van der Waals surface area contributed by atoms with Crippen molar-refractivity contribution < 1.29 is 0 Å². The van der Waals surface area contributed by atoms with Crippen molar-refractivity contribution in [3.63, 3.8) is 0 Å². The maximum Gasteiger partial charge on any atom is 0.133 e. The summed E-state index contributed by atoms with van der Waals surface area (Å²) in [5.41, 5.74) is 2.35. The van der Waals surface area contributed by atoms with Gasteiger partial charge in [0.25, 0.3) is 0 Å². The molecule has 96 valence electrons. The number of anilines is 1. The van der Waals surface area contributed by atoms with Crippen molar-refractivity contribution >= 4 is 17.2 Å². The van der Waals surface area contributed by atoms with Gasteiger partial charge in [0.15, 0.2) is 0 Å². The fourth-order valence-corrected chi connectivity index (χ4v) is 2.54. The molecule has 18 heavy (non-hydrogen) atoms. The van der Waals surface area contributed by atoms with E-state index in [1.165, 1.54) is 10.4 Å². The van der Waals surface area contributed by atoms with E-state index in [9.17, 15) is 0 Å². The fraction of sp³-hybridized carbons (Fsp3) is 0.429. The first-order valence-corrected chi connectivity index (χ1v) is 7.06. The van der Waals surface area contributed by atoms with E-state index in [0.29, 0.717) is 5.92 Å². The topological polar surface area (TPSA) is 37.8 Å². The van der Waals surface area contributed by atoms with Gasteiger partial charge in [0.1, 0.15) is 11.6 Å². The van der Waals surface area contributed by atoms with Crippen LogP contribution >= 0.6 is 11.3 Å². The summed E-state index contributed by atoms with van der Waals surface area (Å²) in [5.74, 6) is 2.17. The van der Waals surface area contributed by atoms with Gasteiger partial charge in [-0.05, 0) is 30.9 Å². The summed E-state index contributed by atoms with van der Waals surface area (Å²) < 4.78 is 0. The second kappa shape index (κ2) is 5.48. The molecule has 3 nitrogen and oxygen atoms in total. The molecule has 0 aliphatic carbocycles. The zero-order valence-electron chi connectivity index (χ0n) is 11.3. The molecule has 0 unspecified atom stereocenters. The van der Waals surface area contributed by atoms with Crippen LogP contribution in [0.2, 0.25) is 0 Å². The lowest BCUT2D eigenvalue weighted by Gasteiger charge is -2.10. The van der Waals surface area contributed by atoms with E-state index in [0.717, 1.165) is 23.9 Å². The van der Waals surface area contributed by atoms with Crippen LogP contribution in [0.4, 0.5) is 5.82 Å². The van der Waals surface area contributed by atoms with Gasteiger partial charge in [-0.1, -0.05) is 13.8 Å². The summed E-state index contributed by atoms with van der Waals surface area (Å²) in [6.45, 7) is 9.20. The Morgan fingerprint density at radius 1 is 1.28 bits per heavy atom. The number of nitrogens with one attached hydrogen (secondary N) is 1. The average molecular weight is 261 g/mol. The molecule has 2 heterocycles. The summed E-state index contributed by atoms with van der Waals surface area (Å²) >= 11 is 1.78. The Labute approximate surface area is 112 Å². The van der Waals surface area contributed by atoms with Crippen LogP contribution in [0, 0.1) is 13.8 Å². The predicted molar refractivity (Wildman–Crippen MR) is 77.2 cm³/mol. The van der Waals surface area contributed by atoms with Gasteiger partial charge in [-0.15, -0.1) is 11.3 Å². The Morgan fingerprint density at radius 3 is 2.67 bits per heavy atom. The van der Waals surface area contributed by atoms with E-state index in [1.807, 2.05) is 13.0 Å². The third kappa shape index (κ3) is 3.07. The molecule has 0 atom stereocenters. The summed E-state index contributed by atoms with van der Waals surface area (Å²) in [6, 6.07) is 4.14. The van der Waals surface area contributed by atoms with Crippen LogP contribution < -0.4 is 5.32 Å². The number of hydrogen-bond donors (Lipinski definition) is 1. The molecule has 0 amide bonds. The Kier molecular flexibility index (Phi) is 3.97. The average Bonchev–Trinajstić information content (AvgIpc) is 2.71. The number of rotatable bonds is 4. The first-order chi connectivity index (χ1) is 8.56. The molecule has 0 fully saturated rings. The van der Waals surface area contributed by atoms with Gasteiger partial charge >= 0.3 is 0 Å². The van der Waals surface area contributed by atoms with Gasteiger partial charge in [-0.3, -0.25) is 0 Å². The number of aryl methyl sites for hydroxylation is 2. The van der Waals surface area contributed by atoms with Crippen molar-refractivity contribution in [2.45, 2.75) is 40.2 Å². The Morgan fingerprint density at radius 2 is 2.06 bits per heavy atom. The SMILES string of the molecule is Cc1cc(NCc2sccc2C)nc(C(C)C)n1.